The second kappa shape index (κ2) is 6.26. The van der Waals surface area contributed by atoms with E-state index in [0.717, 1.165) is 37.6 Å². The molecule has 1 atom stereocenters. The average Bonchev–Trinajstić information content (AvgIpc) is 2.51. The van der Waals surface area contributed by atoms with Gasteiger partial charge in [0, 0.05) is 24.4 Å². The van der Waals surface area contributed by atoms with Gasteiger partial charge in [0.25, 0.3) is 0 Å². The highest BCUT2D eigenvalue weighted by molar-refractivity contribution is 5.19. The van der Waals surface area contributed by atoms with E-state index in [0.29, 0.717) is 12.1 Å². The largest absolute Gasteiger partial charge is 0.290 e. The molecule has 0 N–H and O–H groups in total. The van der Waals surface area contributed by atoms with Crippen molar-refractivity contribution in [2.24, 2.45) is 0 Å². The summed E-state index contributed by atoms with van der Waals surface area (Å²) < 4.78 is 26.8. The van der Waals surface area contributed by atoms with Gasteiger partial charge in [-0.15, -0.1) is 0 Å². The Morgan fingerprint density at radius 3 is 2.86 bits per heavy atom. The summed E-state index contributed by atoms with van der Waals surface area (Å²) in [7, 11) is 0. The number of hydrogen-bond donors (Lipinski definition) is 0. The van der Waals surface area contributed by atoms with Crippen molar-refractivity contribution in [3.8, 4) is 0 Å². The number of aromatic nitrogens is 2. The zero-order valence-electron chi connectivity index (χ0n) is 11.7. The summed E-state index contributed by atoms with van der Waals surface area (Å²) in [4.78, 5) is 10.5. The first-order chi connectivity index (χ1) is 10.2. The molecule has 2 heterocycles. The Bertz CT molecular complexity index is 604. The molecular weight excluding hydrogens is 272 g/mol. The lowest BCUT2D eigenvalue weighted by atomic mass is 9.98. The lowest BCUT2D eigenvalue weighted by Crippen LogP contribution is -2.33. The van der Waals surface area contributed by atoms with Crippen molar-refractivity contribution in [3.63, 3.8) is 0 Å². The molecule has 1 saturated heterocycles. The number of benzene rings is 1. The Kier molecular flexibility index (Phi) is 4.20. The minimum Gasteiger partial charge on any atom is -0.290 e. The topological polar surface area (TPSA) is 29.0 Å². The van der Waals surface area contributed by atoms with Crippen molar-refractivity contribution in [1.29, 1.82) is 0 Å². The quantitative estimate of drug-likeness (QED) is 0.866. The maximum atomic E-state index is 13.8. The van der Waals surface area contributed by atoms with Crippen LogP contribution >= 0.6 is 0 Å². The van der Waals surface area contributed by atoms with Crippen LogP contribution in [0, 0.1) is 11.6 Å². The molecule has 1 aliphatic rings. The maximum Gasteiger partial charge on any atom is 0.130 e. The second-order valence-corrected chi connectivity index (χ2v) is 5.35. The van der Waals surface area contributed by atoms with Gasteiger partial charge in [-0.05, 0) is 31.5 Å². The highest BCUT2D eigenvalue weighted by atomic mass is 19.1. The highest BCUT2D eigenvalue weighted by Crippen LogP contribution is 2.31. The molecule has 1 unspecified atom stereocenters. The molecule has 3 rings (SSSR count). The van der Waals surface area contributed by atoms with Crippen molar-refractivity contribution in [2.75, 3.05) is 6.54 Å². The van der Waals surface area contributed by atoms with E-state index in [1.54, 1.807) is 12.5 Å². The van der Waals surface area contributed by atoms with E-state index in [1.165, 1.54) is 12.1 Å². The molecular formula is C16H17F2N3. The summed E-state index contributed by atoms with van der Waals surface area (Å²) in [5.41, 5.74) is 1.49. The number of nitrogens with zero attached hydrogens (tertiary/aromatic N) is 3. The van der Waals surface area contributed by atoms with Crippen molar-refractivity contribution in [3.05, 3.63) is 59.7 Å². The van der Waals surface area contributed by atoms with Gasteiger partial charge >= 0.3 is 0 Å². The van der Waals surface area contributed by atoms with Crippen LogP contribution in [-0.4, -0.2) is 21.4 Å². The average molecular weight is 289 g/mol. The fourth-order valence-electron chi connectivity index (χ4n) is 2.88. The number of rotatable bonds is 3. The fourth-order valence-corrected chi connectivity index (χ4v) is 2.88. The highest BCUT2D eigenvalue weighted by Gasteiger charge is 2.25. The predicted octanol–water partition coefficient (Wildman–Crippen LogP) is 3.48. The molecule has 0 aliphatic carbocycles. The molecule has 21 heavy (non-hydrogen) atoms. The zero-order valence-corrected chi connectivity index (χ0v) is 11.7. The van der Waals surface area contributed by atoms with Crippen LogP contribution in [0.4, 0.5) is 8.78 Å². The summed E-state index contributed by atoms with van der Waals surface area (Å²) >= 11 is 0. The van der Waals surface area contributed by atoms with Gasteiger partial charge in [0.15, 0.2) is 0 Å². The number of hydrogen-bond acceptors (Lipinski definition) is 3. The third-order valence-corrected chi connectivity index (χ3v) is 3.95. The standard InChI is InChI=1S/C16H17F2N3/c17-13-5-4-12(14(18)9-13)10-21-8-2-1-3-16(21)15-6-7-19-11-20-15/h4-7,9,11,16H,1-3,8,10H2. The van der Waals surface area contributed by atoms with Crippen LogP contribution in [0.2, 0.25) is 0 Å². The Morgan fingerprint density at radius 2 is 2.10 bits per heavy atom. The molecule has 3 nitrogen and oxygen atoms in total. The summed E-state index contributed by atoms with van der Waals surface area (Å²) in [5, 5.41) is 0. The van der Waals surface area contributed by atoms with Crippen LogP contribution in [0.25, 0.3) is 0 Å². The molecule has 0 bridgehead atoms. The van der Waals surface area contributed by atoms with Crippen LogP contribution in [-0.2, 0) is 6.54 Å². The summed E-state index contributed by atoms with van der Waals surface area (Å²) in [5.74, 6) is -1.02. The van der Waals surface area contributed by atoms with Gasteiger partial charge < -0.3 is 0 Å². The molecule has 0 saturated carbocycles. The minimum absolute atomic E-state index is 0.172. The van der Waals surface area contributed by atoms with E-state index in [4.69, 9.17) is 0 Å². The lowest BCUT2D eigenvalue weighted by Gasteiger charge is -2.35. The van der Waals surface area contributed by atoms with Crippen LogP contribution < -0.4 is 0 Å². The SMILES string of the molecule is Fc1ccc(CN2CCCCC2c2ccncn2)c(F)c1. The molecule has 2 aromatic rings. The molecule has 1 aromatic heterocycles. The van der Waals surface area contributed by atoms with Crippen LogP contribution in [0.15, 0.2) is 36.8 Å². The Morgan fingerprint density at radius 1 is 1.19 bits per heavy atom. The number of likely N-dealkylation sites (tertiary alicyclic amines) is 1. The maximum absolute atomic E-state index is 13.8. The van der Waals surface area contributed by atoms with Gasteiger partial charge in [-0.25, -0.2) is 18.7 Å². The second-order valence-electron chi connectivity index (χ2n) is 5.35. The van der Waals surface area contributed by atoms with Gasteiger partial charge in [0.2, 0.25) is 0 Å². The fraction of sp³-hybridized carbons (Fsp3) is 0.375. The molecule has 0 amide bonds. The van der Waals surface area contributed by atoms with Gasteiger partial charge in [-0.3, -0.25) is 4.90 Å². The van der Waals surface area contributed by atoms with E-state index in [2.05, 4.69) is 14.9 Å². The molecule has 110 valence electrons. The zero-order chi connectivity index (χ0) is 14.7. The molecule has 1 aromatic carbocycles. The first-order valence-electron chi connectivity index (χ1n) is 7.18. The Hall–Kier alpha value is -1.88. The third kappa shape index (κ3) is 3.24. The summed E-state index contributed by atoms with van der Waals surface area (Å²) in [6.45, 7) is 1.37. The smallest absolute Gasteiger partial charge is 0.130 e. The molecule has 1 aliphatic heterocycles. The third-order valence-electron chi connectivity index (χ3n) is 3.95. The Labute approximate surface area is 122 Å². The van der Waals surface area contributed by atoms with Crippen molar-refractivity contribution < 1.29 is 8.78 Å². The predicted molar refractivity (Wildman–Crippen MR) is 75.4 cm³/mol. The number of halogens is 2. The monoisotopic (exact) mass is 289 g/mol. The van der Waals surface area contributed by atoms with Crippen LogP contribution in [0.1, 0.15) is 36.6 Å². The van der Waals surface area contributed by atoms with Crippen molar-refractivity contribution >= 4 is 0 Å². The van der Waals surface area contributed by atoms with E-state index in [1.807, 2.05) is 6.07 Å². The molecule has 5 heteroatoms. The van der Waals surface area contributed by atoms with E-state index in [9.17, 15) is 8.78 Å². The first kappa shape index (κ1) is 14.1. The van der Waals surface area contributed by atoms with Gasteiger partial charge in [0.1, 0.15) is 18.0 Å². The van der Waals surface area contributed by atoms with E-state index in [-0.39, 0.29) is 6.04 Å². The van der Waals surface area contributed by atoms with Crippen LogP contribution in [0.3, 0.4) is 0 Å². The normalized spacial score (nSPS) is 19.6. The van der Waals surface area contributed by atoms with Gasteiger partial charge in [0.05, 0.1) is 11.7 Å². The first-order valence-corrected chi connectivity index (χ1v) is 7.18. The van der Waals surface area contributed by atoms with Gasteiger partial charge in [-0.2, -0.15) is 0 Å². The lowest BCUT2D eigenvalue weighted by molar-refractivity contribution is 0.135. The number of piperidine rings is 1. The van der Waals surface area contributed by atoms with E-state index < -0.39 is 11.6 Å². The molecule has 1 fully saturated rings. The Balaban J connectivity index is 1.81. The molecule has 0 radical (unpaired) electrons. The minimum atomic E-state index is -0.540. The van der Waals surface area contributed by atoms with Crippen molar-refractivity contribution in [2.45, 2.75) is 31.8 Å². The van der Waals surface area contributed by atoms with Crippen LogP contribution in [0.5, 0.6) is 0 Å². The van der Waals surface area contributed by atoms with Crippen molar-refractivity contribution in [1.82, 2.24) is 14.9 Å². The van der Waals surface area contributed by atoms with Gasteiger partial charge in [-0.1, -0.05) is 12.5 Å². The summed E-state index contributed by atoms with van der Waals surface area (Å²) in [6.07, 6.45) is 6.50. The van der Waals surface area contributed by atoms with E-state index >= 15 is 0 Å². The summed E-state index contributed by atoms with van der Waals surface area (Å²) in [6, 6.07) is 5.85. The molecule has 0 spiro atoms.